The molecule has 1 unspecified atom stereocenters. The van der Waals surface area contributed by atoms with Crippen LogP contribution in [0.25, 0.3) is 0 Å². The molecule has 6 nitrogen and oxygen atoms in total. The molecule has 0 radical (unpaired) electrons. The third-order valence-corrected chi connectivity index (χ3v) is 6.26. The van der Waals surface area contributed by atoms with Crippen molar-refractivity contribution in [3.05, 3.63) is 64.7 Å². The molecule has 0 saturated carbocycles. The van der Waals surface area contributed by atoms with Crippen LogP contribution in [0.2, 0.25) is 5.02 Å². The molecule has 2 aromatic carbocycles. The number of amides is 1. The maximum atomic E-state index is 14.0. The van der Waals surface area contributed by atoms with E-state index in [4.69, 9.17) is 16.3 Å². The average molecular weight is 505 g/mol. The highest BCUT2D eigenvalue weighted by molar-refractivity contribution is 7.99. The summed E-state index contributed by atoms with van der Waals surface area (Å²) >= 11 is 7.02. The van der Waals surface area contributed by atoms with E-state index in [1.165, 1.54) is 29.5 Å². The van der Waals surface area contributed by atoms with Gasteiger partial charge in [0.25, 0.3) is 0 Å². The SMILES string of the molecule is CC(C)Cn1c(SCC(=O)Nc2ccc(Cl)cc2F)nnc1C(C)Oc1ccc(C(C)C)cc1. The molecule has 0 aliphatic heterocycles. The van der Waals surface area contributed by atoms with Gasteiger partial charge in [-0.3, -0.25) is 4.79 Å². The van der Waals surface area contributed by atoms with Crippen molar-refractivity contribution in [1.82, 2.24) is 14.8 Å². The normalized spacial score (nSPS) is 12.3. The lowest BCUT2D eigenvalue weighted by molar-refractivity contribution is -0.113. The molecule has 3 rings (SSSR count). The zero-order valence-corrected chi connectivity index (χ0v) is 21.6. The van der Waals surface area contributed by atoms with Crippen LogP contribution in [-0.4, -0.2) is 26.4 Å². The summed E-state index contributed by atoms with van der Waals surface area (Å²) in [4.78, 5) is 12.4. The van der Waals surface area contributed by atoms with Crippen LogP contribution in [0, 0.1) is 11.7 Å². The molecular weight excluding hydrogens is 475 g/mol. The van der Waals surface area contributed by atoms with E-state index < -0.39 is 5.82 Å². The van der Waals surface area contributed by atoms with Crippen LogP contribution in [0.3, 0.4) is 0 Å². The summed E-state index contributed by atoms with van der Waals surface area (Å²) < 4.78 is 22.1. The zero-order chi connectivity index (χ0) is 24.8. The summed E-state index contributed by atoms with van der Waals surface area (Å²) in [5.74, 6) is 1.37. The molecule has 0 fully saturated rings. The lowest BCUT2D eigenvalue weighted by Gasteiger charge is -2.18. The first-order chi connectivity index (χ1) is 16.1. The van der Waals surface area contributed by atoms with E-state index in [2.05, 4.69) is 55.3 Å². The molecule has 9 heteroatoms. The fourth-order valence-electron chi connectivity index (χ4n) is 3.34. The van der Waals surface area contributed by atoms with Crippen molar-refractivity contribution >= 4 is 35.0 Å². The molecule has 0 spiro atoms. The van der Waals surface area contributed by atoms with Gasteiger partial charge in [0.1, 0.15) is 11.6 Å². The lowest BCUT2D eigenvalue weighted by atomic mass is 10.0. The largest absolute Gasteiger partial charge is 0.483 e. The van der Waals surface area contributed by atoms with Gasteiger partial charge in [0.05, 0.1) is 11.4 Å². The summed E-state index contributed by atoms with van der Waals surface area (Å²) in [6, 6.07) is 12.2. The number of anilines is 1. The first-order valence-corrected chi connectivity index (χ1v) is 12.6. The number of ether oxygens (including phenoxy) is 1. The standard InChI is InChI=1S/C25H30ClFN4O2S/c1-15(2)13-31-24(17(5)33-20-9-6-18(7-10-20)16(3)4)29-30-25(31)34-14-23(32)28-22-11-8-19(26)12-21(22)27/h6-12,15-17H,13-14H2,1-5H3,(H,28,32). The predicted octanol–water partition coefficient (Wildman–Crippen LogP) is 6.72. The number of thioether (sulfide) groups is 1. The Balaban J connectivity index is 1.69. The Morgan fingerprint density at radius 2 is 1.82 bits per heavy atom. The molecule has 1 heterocycles. The van der Waals surface area contributed by atoms with Crippen LogP contribution in [0.4, 0.5) is 10.1 Å². The van der Waals surface area contributed by atoms with E-state index in [9.17, 15) is 9.18 Å². The molecule has 1 atom stereocenters. The van der Waals surface area contributed by atoms with E-state index in [0.29, 0.717) is 29.4 Å². The number of aromatic nitrogens is 3. The Labute approximate surface area is 209 Å². The molecule has 0 bridgehead atoms. The minimum atomic E-state index is -0.580. The van der Waals surface area contributed by atoms with E-state index >= 15 is 0 Å². The fraction of sp³-hybridized carbons (Fsp3) is 0.400. The molecule has 0 saturated heterocycles. The quantitative estimate of drug-likeness (QED) is 0.310. The number of hydrogen-bond acceptors (Lipinski definition) is 5. The van der Waals surface area contributed by atoms with Crippen molar-refractivity contribution in [2.75, 3.05) is 11.1 Å². The minimum Gasteiger partial charge on any atom is -0.483 e. The van der Waals surface area contributed by atoms with E-state index in [-0.39, 0.29) is 28.5 Å². The third-order valence-electron chi connectivity index (χ3n) is 5.05. The highest BCUT2D eigenvalue weighted by Gasteiger charge is 2.21. The molecule has 182 valence electrons. The zero-order valence-electron chi connectivity index (χ0n) is 20.0. The first-order valence-electron chi connectivity index (χ1n) is 11.2. The van der Waals surface area contributed by atoms with Crippen LogP contribution in [0.15, 0.2) is 47.6 Å². The lowest BCUT2D eigenvalue weighted by Crippen LogP contribution is -2.17. The summed E-state index contributed by atoms with van der Waals surface area (Å²) in [6.07, 6.45) is -0.331. The monoisotopic (exact) mass is 504 g/mol. The van der Waals surface area contributed by atoms with Gasteiger partial charge in [0.2, 0.25) is 5.91 Å². The number of rotatable bonds is 10. The molecule has 0 aliphatic rings. The molecule has 1 aromatic heterocycles. The Morgan fingerprint density at radius 3 is 2.44 bits per heavy atom. The molecule has 34 heavy (non-hydrogen) atoms. The van der Waals surface area contributed by atoms with E-state index in [1.54, 1.807) is 0 Å². The summed E-state index contributed by atoms with van der Waals surface area (Å²) in [5, 5.41) is 12.1. The Kier molecular flexibility index (Phi) is 8.97. The summed E-state index contributed by atoms with van der Waals surface area (Å²) in [6.45, 7) is 11.1. The molecule has 3 aromatic rings. The maximum Gasteiger partial charge on any atom is 0.234 e. The first kappa shape index (κ1) is 26.0. The number of benzene rings is 2. The molecule has 1 N–H and O–H groups in total. The van der Waals surface area contributed by atoms with Crippen molar-refractivity contribution in [3.63, 3.8) is 0 Å². The van der Waals surface area contributed by atoms with Crippen molar-refractivity contribution < 1.29 is 13.9 Å². The molecular formula is C25H30ClFN4O2S. The number of halogens is 2. The van der Waals surface area contributed by atoms with Gasteiger partial charge >= 0.3 is 0 Å². The highest BCUT2D eigenvalue weighted by Crippen LogP contribution is 2.27. The van der Waals surface area contributed by atoms with Crippen LogP contribution in [0.5, 0.6) is 5.75 Å². The number of nitrogens with zero attached hydrogens (tertiary/aromatic N) is 3. The number of nitrogens with one attached hydrogen (secondary N) is 1. The Bertz CT molecular complexity index is 1120. The molecule has 0 aliphatic carbocycles. The topological polar surface area (TPSA) is 69.0 Å². The second-order valence-corrected chi connectivity index (χ2v) is 10.2. The van der Waals surface area contributed by atoms with Crippen molar-refractivity contribution in [2.45, 2.75) is 58.3 Å². The Morgan fingerprint density at radius 1 is 1.12 bits per heavy atom. The second-order valence-electron chi connectivity index (χ2n) is 8.79. The van der Waals surface area contributed by atoms with E-state index in [0.717, 1.165) is 11.8 Å². The van der Waals surface area contributed by atoms with Gasteiger partial charge < -0.3 is 14.6 Å². The van der Waals surface area contributed by atoms with Crippen LogP contribution >= 0.6 is 23.4 Å². The predicted molar refractivity (Wildman–Crippen MR) is 135 cm³/mol. The smallest absolute Gasteiger partial charge is 0.234 e. The second kappa shape index (κ2) is 11.7. The number of carbonyl (C=O) groups is 1. The van der Waals surface area contributed by atoms with Gasteiger partial charge in [-0.1, -0.05) is 63.2 Å². The van der Waals surface area contributed by atoms with Crippen LogP contribution in [-0.2, 0) is 11.3 Å². The van der Waals surface area contributed by atoms with Gasteiger partial charge in [-0.25, -0.2) is 4.39 Å². The maximum absolute atomic E-state index is 14.0. The van der Waals surface area contributed by atoms with Gasteiger partial charge in [0, 0.05) is 11.6 Å². The molecule has 1 amide bonds. The van der Waals surface area contributed by atoms with E-state index in [1.807, 2.05) is 23.6 Å². The van der Waals surface area contributed by atoms with Gasteiger partial charge in [-0.2, -0.15) is 0 Å². The fourth-order valence-corrected chi connectivity index (χ4v) is 4.25. The van der Waals surface area contributed by atoms with Gasteiger partial charge in [0.15, 0.2) is 17.1 Å². The van der Waals surface area contributed by atoms with Crippen molar-refractivity contribution in [2.24, 2.45) is 5.92 Å². The summed E-state index contributed by atoms with van der Waals surface area (Å²) in [7, 11) is 0. The van der Waals surface area contributed by atoms with Gasteiger partial charge in [-0.05, 0) is 54.7 Å². The minimum absolute atomic E-state index is 0.0597. The van der Waals surface area contributed by atoms with Crippen molar-refractivity contribution in [3.8, 4) is 5.75 Å². The van der Waals surface area contributed by atoms with Crippen LogP contribution < -0.4 is 10.1 Å². The summed E-state index contributed by atoms with van der Waals surface area (Å²) in [5.41, 5.74) is 1.34. The number of carbonyl (C=O) groups excluding carboxylic acids is 1. The average Bonchev–Trinajstić information content (AvgIpc) is 3.16. The Hall–Kier alpha value is -2.58. The highest BCUT2D eigenvalue weighted by atomic mass is 35.5. The third kappa shape index (κ3) is 6.96. The van der Waals surface area contributed by atoms with Gasteiger partial charge in [-0.15, -0.1) is 10.2 Å². The number of hydrogen-bond donors (Lipinski definition) is 1. The van der Waals surface area contributed by atoms with Crippen molar-refractivity contribution in [1.29, 1.82) is 0 Å². The van der Waals surface area contributed by atoms with Crippen LogP contribution in [0.1, 0.15) is 58.0 Å².